The highest BCUT2D eigenvalue weighted by Crippen LogP contribution is 2.46. The number of aromatic nitrogens is 1. The maximum atomic E-state index is 14.2. The molecule has 1 amide bonds. The van der Waals surface area contributed by atoms with E-state index in [-0.39, 0.29) is 42.0 Å². The van der Waals surface area contributed by atoms with E-state index in [9.17, 15) is 18.8 Å². The number of amides is 1. The summed E-state index contributed by atoms with van der Waals surface area (Å²) in [5.74, 6) is -4.27. The van der Waals surface area contributed by atoms with Gasteiger partial charge in [0, 0.05) is 12.6 Å². The summed E-state index contributed by atoms with van der Waals surface area (Å²) in [6, 6.07) is 5.66. The van der Waals surface area contributed by atoms with Crippen molar-refractivity contribution in [2.45, 2.75) is 36.8 Å². The van der Waals surface area contributed by atoms with Gasteiger partial charge in [0.05, 0.1) is 23.9 Å². The summed E-state index contributed by atoms with van der Waals surface area (Å²) in [5.41, 5.74) is 4.69. The molecule has 11 heteroatoms. The fourth-order valence-electron chi connectivity index (χ4n) is 4.29. The number of nitrogens with zero attached hydrogens (tertiary/aromatic N) is 4. The summed E-state index contributed by atoms with van der Waals surface area (Å²) in [6.07, 6.45) is 1.71. The van der Waals surface area contributed by atoms with Crippen molar-refractivity contribution in [1.29, 1.82) is 10.5 Å². The van der Waals surface area contributed by atoms with Crippen LogP contribution in [0.4, 0.5) is 8.78 Å². The minimum atomic E-state index is -3.10. The van der Waals surface area contributed by atoms with Crippen molar-refractivity contribution in [2.24, 2.45) is 11.7 Å². The number of hydrogen-bond acceptors (Lipinski definition) is 6. The monoisotopic (exact) mass is 446 g/mol. The van der Waals surface area contributed by atoms with Gasteiger partial charge in [0.2, 0.25) is 5.91 Å². The van der Waals surface area contributed by atoms with E-state index in [2.05, 4.69) is 10.3 Å². The first-order valence-corrected chi connectivity index (χ1v) is 8.76. The van der Waals surface area contributed by atoms with E-state index in [0.29, 0.717) is 25.9 Å². The standard InChI is InChI=1S/C18H20F2N6O.2ClH/c19-17(20)7-14(9-22)26(11-17)18(16(23)27,13-3-5-24-6-4-13)15-2-1-12(8-21)10-25-15;;/h1-2,10,13-14,24H,3-7,11H2,(H2,23,27);2*1H/t14-,18?;;/m0../s1. The zero-order valence-electron chi connectivity index (χ0n) is 15.5. The molecule has 3 rings (SSSR count). The molecule has 29 heavy (non-hydrogen) atoms. The Labute approximate surface area is 180 Å². The number of nitriles is 2. The molecule has 0 aromatic carbocycles. The van der Waals surface area contributed by atoms with Crippen LogP contribution in [0.3, 0.4) is 0 Å². The number of piperidine rings is 1. The largest absolute Gasteiger partial charge is 0.368 e. The molecule has 2 atom stereocenters. The zero-order chi connectivity index (χ0) is 19.7. The van der Waals surface area contributed by atoms with E-state index < -0.39 is 36.4 Å². The lowest BCUT2D eigenvalue weighted by Crippen LogP contribution is -2.62. The quantitative estimate of drug-likeness (QED) is 0.726. The van der Waals surface area contributed by atoms with E-state index >= 15 is 0 Å². The highest BCUT2D eigenvalue weighted by molar-refractivity contribution is 5.86. The summed E-state index contributed by atoms with van der Waals surface area (Å²) in [6.45, 7) is 0.481. The van der Waals surface area contributed by atoms with Crippen molar-refractivity contribution < 1.29 is 13.6 Å². The maximum Gasteiger partial charge on any atom is 0.263 e. The summed E-state index contributed by atoms with van der Waals surface area (Å²) >= 11 is 0. The molecule has 0 radical (unpaired) electrons. The number of nitrogens with one attached hydrogen (secondary N) is 1. The number of hydrogen-bond donors (Lipinski definition) is 2. The summed E-state index contributed by atoms with van der Waals surface area (Å²) in [5, 5.41) is 21.7. The van der Waals surface area contributed by atoms with Gasteiger partial charge in [-0.05, 0) is 44.0 Å². The third-order valence-corrected chi connectivity index (χ3v) is 5.46. The molecule has 0 bridgehead atoms. The molecule has 3 heterocycles. The third kappa shape index (κ3) is 4.44. The molecule has 1 unspecified atom stereocenters. The zero-order valence-corrected chi connectivity index (χ0v) is 17.1. The fraction of sp³-hybridized carbons (Fsp3) is 0.556. The van der Waals surface area contributed by atoms with Crippen LogP contribution in [0.15, 0.2) is 18.3 Å². The van der Waals surface area contributed by atoms with E-state index in [1.807, 2.05) is 12.1 Å². The molecule has 0 aliphatic carbocycles. The Balaban J connectivity index is 0.00000210. The number of alkyl halides is 2. The van der Waals surface area contributed by atoms with Crippen LogP contribution in [0, 0.1) is 28.6 Å². The number of nitrogens with two attached hydrogens (primary N) is 1. The van der Waals surface area contributed by atoms with Crippen LogP contribution in [-0.2, 0) is 10.3 Å². The predicted molar refractivity (Wildman–Crippen MR) is 106 cm³/mol. The summed E-state index contributed by atoms with van der Waals surface area (Å²) < 4.78 is 28.4. The van der Waals surface area contributed by atoms with E-state index in [1.54, 1.807) is 0 Å². The molecule has 3 N–H and O–H groups in total. The van der Waals surface area contributed by atoms with Crippen LogP contribution in [0.25, 0.3) is 0 Å². The van der Waals surface area contributed by atoms with Gasteiger partial charge in [-0.3, -0.25) is 14.7 Å². The first-order valence-electron chi connectivity index (χ1n) is 8.76. The molecule has 2 aliphatic rings. The van der Waals surface area contributed by atoms with Crippen LogP contribution in [0.1, 0.15) is 30.5 Å². The van der Waals surface area contributed by atoms with Crippen LogP contribution in [-0.4, -0.2) is 47.4 Å². The Hall–Kier alpha value is -2.04. The van der Waals surface area contributed by atoms with Gasteiger partial charge in [0.1, 0.15) is 17.6 Å². The van der Waals surface area contributed by atoms with Crippen molar-refractivity contribution in [2.75, 3.05) is 19.6 Å². The molecule has 0 saturated carbocycles. The molecule has 7 nitrogen and oxygen atoms in total. The number of pyridine rings is 1. The van der Waals surface area contributed by atoms with Gasteiger partial charge in [0.25, 0.3) is 5.92 Å². The minimum absolute atomic E-state index is 0. The molecule has 1 aromatic heterocycles. The van der Waals surface area contributed by atoms with Gasteiger partial charge in [-0.1, -0.05) is 0 Å². The molecule has 158 valence electrons. The summed E-state index contributed by atoms with van der Waals surface area (Å²) in [4.78, 5) is 18.3. The van der Waals surface area contributed by atoms with E-state index in [1.165, 1.54) is 23.2 Å². The van der Waals surface area contributed by atoms with Gasteiger partial charge in [-0.15, -0.1) is 24.8 Å². The van der Waals surface area contributed by atoms with Crippen LogP contribution in [0.5, 0.6) is 0 Å². The average molecular weight is 447 g/mol. The molecule has 1 aromatic rings. The number of carbonyl (C=O) groups is 1. The van der Waals surface area contributed by atoms with Crippen LogP contribution in [0.2, 0.25) is 0 Å². The molecule has 2 aliphatic heterocycles. The van der Waals surface area contributed by atoms with Crippen molar-refractivity contribution in [1.82, 2.24) is 15.2 Å². The molecule has 2 fully saturated rings. The number of carbonyl (C=O) groups excluding carboxylic acids is 1. The van der Waals surface area contributed by atoms with E-state index in [4.69, 9.17) is 11.0 Å². The van der Waals surface area contributed by atoms with Gasteiger partial charge in [-0.25, -0.2) is 8.78 Å². The van der Waals surface area contributed by atoms with E-state index in [0.717, 1.165) is 0 Å². The fourth-order valence-corrected chi connectivity index (χ4v) is 4.29. The van der Waals surface area contributed by atoms with Crippen LogP contribution >= 0.6 is 24.8 Å². The molecular weight excluding hydrogens is 425 g/mol. The predicted octanol–water partition coefficient (Wildman–Crippen LogP) is 1.71. The number of halogens is 4. The smallest absolute Gasteiger partial charge is 0.263 e. The van der Waals surface area contributed by atoms with Crippen molar-refractivity contribution in [3.8, 4) is 12.1 Å². The van der Waals surface area contributed by atoms with Crippen molar-refractivity contribution >= 4 is 30.7 Å². The van der Waals surface area contributed by atoms with Crippen molar-refractivity contribution in [3.05, 3.63) is 29.6 Å². The highest BCUT2D eigenvalue weighted by atomic mass is 35.5. The second-order valence-corrected chi connectivity index (χ2v) is 7.03. The lowest BCUT2D eigenvalue weighted by atomic mass is 9.73. The van der Waals surface area contributed by atoms with Gasteiger partial charge in [0.15, 0.2) is 0 Å². The molecule has 0 spiro atoms. The third-order valence-electron chi connectivity index (χ3n) is 5.46. The summed E-state index contributed by atoms with van der Waals surface area (Å²) in [7, 11) is 0. The van der Waals surface area contributed by atoms with Gasteiger partial charge >= 0.3 is 0 Å². The Kier molecular flexibility index (Phi) is 8.31. The lowest BCUT2D eigenvalue weighted by molar-refractivity contribution is -0.138. The van der Waals surface area contributed by atoms with Crippen LogP contribution < -0.4 is 11.1 Å². The SMILES string of the molecule is Cl.Cl.N#Cc1ccc(C(C(N)=O)(C2CCNCC2)N2CC(F)(F)C[C@H]2C#N)nc1. The normalized spacial score (nSPS) is 23.5. The second kappa shape index (κ2) is 9.64. The Morgan fingerprint density at radius 2 is 1.97 bits per heavy atom. The van der Waals surface area contributed by atoms with Gasteiger partial charge < -0.3 is 11.1 Å². The highest BCUT2D eigenvalue weighted by Gasteiger charge is 2.60. The second-order valence-electron chi connectivity index (χ2n) is 7.03. The number of primary amides is 1. The molecular formula is C18H22Cl2F2N6O. The molecule has 2 saturated heterocycles. The average Bonchev–Trinajstić information content (AvgIpc) is 2.98. The first kappa shape index (κ1) is 25.0. The van der Waals surface area contributed by atoms with Gasteiger partial charge in [-0.2, -0.15) is 10.5 Å². The first-order chi connectivity index (χ1) is 12.8. The minimum Gasteiger partial charge on any atom is -0.368 e. The lowest BCUT2D eigenvalue weighted by Gasteiger charge is -2.46. The Morgan fingerprint density at radius 1 is 1.31 bits per heavy atom. The Morgan fingerprint density at radius 3 is 2.45 bits per heavy atom. The van der Waals surface area contributed by atoms with Crippen molar-refractivity contribution in [3.63, 3.8) is 0 Å². The topological polar surface area (TPSA) is 119 Å². The maximum absolute atomic E-state index is 14.2. The Bertz CT molecular complexity index is 804. The number of likely N-dealkylation sites (tertiary alicyclic amines) is 1. The number of rotatable bonds is 4.